The zero-order chi connectivity index (χ0) is 9.83. The molecule has 0 radical (unpaired) electrons. The van der Waals surface area contributed by atoms with Crippen LogP contribution in [-0.2, 0) is 9.05 Å². The first-order valence-electron chi connectivity index (χ1n) is 3.95. The Morgan fingerprint density at radius 2 is 1.58 bits per heavy atom. The molecule has 0 aliphatic heterocycles. The molecule has 2 nitrogen and oxygen atoms in total. The molecule has 5 heteroatoms. The van der Waals surface area contributed by atoms with Crippen LogP contribution in [0.15, 0.2) is 0 Å². The van der Waals surface area contributed by atoms with Crippen molar-refractivity contribution in [3.8, 4) is 0 Å². The first kappa shape index (κ1) is 13.2. The van der Waals surface area contributed by atoms with Crippen LogP contribution in [0.2, 0.25) is 0 Å². The summed E-state index contributed by atoms with van der Waals surface area (Å²) in [5.74, 6) is -2.01. The summed E-state index contributed by atoms with van der Waals surface area (Å²) < 4.78 is 10.6. The second-order valence-corrected chi connectivity index (χ2v) is 9.61. The molecule has 74 valence electrons. The number of hydrogen-bond acceptors (Lipinski definition) is 2. The Morgan fingerprint density at radius 3 is 1.75 bits per heavy atom. The van der Waals surface area contributed by atoms with E-state index in [1.165, 1.54) is 0 Å². The van der Waals surface area contributed by atoms with Gasteiger partial charge in [0.1, 0.15) is 0 Å². The van der Waals surface area contributed by atoms with Crippen LogP contribution in [0.3, 0.4) is 0 Å². The van der Waals surface area contributed by atoms with Crippen LogP contribution in [0.5, 0.6) is 0 Å². The SMILES string of the molecule is CCOP(=[Se])(OCC)C(C)(C)Cl. The molecule has 0 aliphatic rings. The number of alkyl halides is 1. The third-order valence-corrected chi connectivity index (χ3v) is 9.30. The molecule has 0 saturated heterocycles. The van der Waals surface area contributed by atoms with Crippen molar-refractivity contribution in [3.63, 3.8) is 0 Å². The first-order valence-corrected chi connectivity index (χ1v) is 8.17. The third-order valence-electron chi connectivity index (χ3n) is 1.25. The zero-order valence-electron chi connectivity index (χ0n) is 7.96. The molecular weight excluding hydrogens is 261 g/mol. The maximum absolute atomic E-state index is 6.17. The van der Waals surface area contributed by atoms with Crippen molar-refractivity contribution in [2.45, 2.75) is 32.3 Å². The molecule has 0 unspecified atom stereocenters. The van der Waals surface area contributed by atoms with Gasteiger partial charge in [-0.15, -0.1) is 0 Å². The summed E-state index contributed by atoms with van der Waals surface area (Å²) >= 11 is 9.13. The normalized spacial score (nSPS) is 13.4. The monoisotopic (exact) mass is 278 g/mol. The van der Waals surface area contributed by atoms with Gasteiger partial charge in [0.15, 0.2) is 0 Å². The van der Waals surface area contributed by atoms with E-state index in [2.05, 4.69) is 15.1 Å². The molecule has 0 aliphatic carbocycles. The summed E-state index contributed by atoms with van der Waals surface area (Å²) in [6, 6.07) is 0. The number of hydrogen-bond donors (Lipinski definition) is 0. The van der Waals surface area contributed by atoms with Crippen molar-refractivity contribution in [1.29, 1.82) is 0 Å². The molecule has 0 spiro atoms. The molecule has 0 N–H and O–H groups in total. The predicted molar refractivity (Wildman–Crippen MR) is 55.9 cm³/mol. The molecule has 0 bridgehead atoms. The van der Waals surface area contributed by atoms with Gasteiger partial charge in [0, 0.05) is 0 Å². The van der Waals surface area contributed by atoms with E-state index in [9.17, 15) is 0 Å². The Bertz CT molecular complexity index is 169. The average molecular weight is 278 g/mol. The van der Waals surface area contributed by atoms with E-state index < -0.39 is 10.6 Å². The van der Waals surface area contributed by atoms with Gasteiger partial charge in [-0.3, -0.25) is 0 Å². The van der Waals surface area contributed by atoms with Gasteiger partial charge in [-0.05, 0) is 0 Å². The summed E-state index contributed by atoms with van der Waals surface area (Å²) in [6.45, 7) is 8.93. The van der Waals surface area contributed by atoms with Gasteiger partial charge in [0.2, 0.25) is 0 Å². The summed E-state index contributed by atoms with van der Waals surface area (Å²) in [4.78, 5) is 0. The van der Waals surface area contributed by atoms with Gasteiger partial charge in [-0.2, -0.15) is 0 Å². The van der Waals surface area contributed by atoms with Crippen LogP contribution >= 0.6 is 17.6 Å². The van der Waals surface area contributed by atoms with Gasteiger partial charge in [-0.1, -0.05) is 0 Å². The first-order chi connectivity index (χ1) is 5.37. The fourth-order valence-electron chi connectivity index (χ4n) is 0.684. The molecule has 0 aromatic heterocycles. The van der Waals surface area contributed by atoms with Crippen molar-refractivity contribution < 1.29 is 9.05 Å². The van der Waals surface area contributed by atoms with Crippen LogP contribution in [0.25, 0.3) is 0 Å². The molecule has 0 rings (SSSR count). The topological polar surface area (TPSA) is 18.5 Å². The molecule has 0 amide bonds. The van der Waals surface area contributed by atoms with Crippen molar-refractivity contribution >= 4 is 32.7 Å². The van der Waals surface area contributed by atoms with E-state index in [0.717, 1.165) is 0 Å². The molecule has 0 aromatic rings. The minimum atomic E-state index is -2.01. The van der Waals surface area contributed by atoms with Crippen molar-refractivity contribution in [2.75, 3.05) is 13.2 Å². The average Bonchev–Trinajstić information content (AvgIpc) is 1.86. The van der Waals surface area contributed by atoms with E-state index in [1.54, 1.807) is 0 Å². The quantitative estimate of drug-likeness (QED) is 0.437. The Labute approximate surface area is 87.3 Å². The standard InChI is InChI=1S/C7H16ClO2PSe/c1-5-9-11(12,10-6-2)7(3,4)8/h5-6H2,1-4H3. The van der Waals surface area contributed by atoms with Gasteiger partial charge in [-0.25, -0.2) is 0 Å². The molecule has 0 fully saturated rings. The van der Waals surface area contributed by atoms with E-state index in [4.69, 9.17) is 20.6 Å². The maximum atomic E-state index is 6.17. The molecule has 12 heavy (non-hydrogen) atoms. The Balaban J connectivity index is 4.51. The fourth-order valence-corrected chi connectivity index (χ4v) is 3.67. The fraction of sp³-hybridized carbons (Fsp3) is 1.00. The van der Waals surface area contributed by atoms with Crippen LogP contribution in [0.1, 0.15) is 27.7 Å². The Kier molecular flexibility index (Phi) is 5.64. The summed E-state index contributed by atoms with van der Waals surface area (Å²) in [7, 11) is 0. The van der Waals surface area contributed by atoms with Gasteiger partial charge in [0.05, 0.1) is 0 Å². The summed E-state index contributed by atoms with van der Waals surface area (Å²) in [5.41, 5.74) is 0. The van der Waals surface area contributed by atoms with Crippen molar-refractivity contribution in [3.05, 3.63) is 0 Å². The van der Waals surface area contributed by atoms with E-state index in [-0.39, 0.29) is 0 Å². The van der Waals surface area contributed by atoms with Gasteiger partial charge >= 0.3 is 87.2 Å². The summed E-state index contributed by atoms with van der Waals surface area (Å²) in [5, 5.41) is 0. The number of rotatable bonds is 5. The van der Waals surface area contributed by atoms with E-state index in [1.807, 2.05) is 27.7 Å². The van der Waals surface area contributed by atoms with Crippen molar-refractivity contribution in [2.24, 2.45) is 0 Å². The van der Waals surface area contributed by atoms with Crippen LogP contribution < -0.4 is 0 Å². The molecule has 0 saturated carbocycles. The van der Waals surface area contributed by atoms with Crippen LogP contribution in [-0.4, -0.2) is 32.9 Å². The predicted octanol–water partition coefficient (Wildman–Crippen LogP) is 2.97. The van der Waals surface area contributed by atoms with Gasteiger partial charge < -0.3 is 0 Å². The molecule has 0 heterocycles. The Hall–Kier alpha value is 1.16. The van der Waals surface area contributed by atoms with Crippen molar-refractivity contribution in [1.82, 2.24) is 0 Å². The third kappa shape index (κ3) is 3.49. The van der Waals surface area contributed by atoms with Crippen LogP contribution in [0, 0.1) is 0 Å². The second-order valence-electron chi connectivity index (χ2n) is 2.74. The second kappa shape index (κ2) is 5.14. The number of halogens is 1. The molecular formula is C7H16ClO2PSe. The Morgan fingerprint density at radius 1 is 1.25 bits per heavy atom. The molecule has 0 atom stereocenters. The van der Waals surface area contributed by atoms with Crippen LogP contribution in [0.4, 0.5) is 0 Å². The van der Waals surface area contributed by atoms with E-state index in [0.29, 0.717) is 13.2 Å². The van der Waals surface area contributed by atoms with E-state index >= 15 is 0 Å². The summed E-state index contributed by atoms with van der Waals surface area (Å²) in [6.07, 6.45) is 0. The van der Waals surface area contributed by atoms with Gasteiger partial charge in [0.25, 0.3) is 0 Å². The minimum absolute atomic E-state index is 0.459. The zero-order valence-corrected chi connectivity index (χ0v) is 11.3. The molecule has 0 aromatic carbocycles.